The Labute approximate surface area is 182 Å². The highest BCUT2D eigenvalue weighted by atomic mass is 32.2. The molecule has 0 unspecified atom stereocenters. The molecule has 0 bridgehead atoms. The minimum atomic E-state index is -3.80. The van der Waals surface area contributed by atoms with Crippen LogP contribution in [-0.2, 0) is 10.0 Å². The molecule has 164 valence electrons. The maximum atomic E-state index is 12.4. The standard InChI is InChI=1S/C20H16N4O7S/c1-13-2-8-19(9-3-13)32(30,31)22-16-6-4-15(5-7-16)21-20(25)14-10-17(23(26)27)12-18(11-14)24(28)29/h2-12,22H,1H3,(H,21,25). The second kappa shape index (κ2) is 8.81. The fourth-order valence-corrected chi connectivity index (χ4v) is 3.75. The fourth-order valence-electron chi connectivity index (χ4n) is 2.69. The average Bonchev–Trinajstić information content (AvgIpc) is 2.74. The first-order valence-corrected chi connectivity index (χ1v) is 10.5. The fraction of sp³-hybridized carbons (Fsp3) is 0.0500. The van der Waals surface area contributed by atoms with Crippen molar-refractivity contribution < 1.29 is 23.1 Å². The maximum Gasteiger partial charge on any atom is 0.277 e. The van der Waals surface area contributed by atoms with Crippen LogP contribution in [0.4, 0.5) is 22.7 Å². The van der Waals surface area contributed by atoms with E-state index in [9.17, 15) is 33.4 Å². The number of benzene rings is 3. The molecule has 12 heteroatoms. The van der Waals surface area contributed by atoms with E-state index in [4.69, 9.17) is 0 Å². The molecule has 1 amide bonds. The van der Waals surface area contributed by atoms with Gasteiger partial charge in [-0.1, -0.05) is 17.7 Å². The van der Waals surface area contributed by atoms with Gasteiger partial charge in [0.1, 0.15) is 0 Å². The van der Waals surface area contributed by atoms with Crippen molar-refractivity contribution in [3.05, 3.63) is 98.1 Å². The van der Waals surface area contributed by atoms with Crippen molar-refractivity contribution >= 4 is 38.7 Å². The van der Waals surface area contributed by atoms with Gasteiger partial charge in [-0.2, -0.15) is 0 Å². The first-order valence-electron chi connectivity index (χ1n) is 9.00. The van der Waals surface area contributed by atoms with E-state index >= 15 is 0 Å². The normalized spacial score (nSPS) is 10.9. The summed E-state index contributed by atoms with van der Waals surface area (Å²) in [5.41, 5.74) is -0.0411. The van der Waals surface area contributed by atoms with Crippen molar-refractivity contribution in [1.82, 2.24) is 0 Å². The van der Waals surface area contributed by atoms with E-state index in [-0.39, 0.29) is 21.8 Å². The lowest BCUT2D eigenvalue weighted by atomic mass is 10.1. The summed E-state index contributed by atoms with van der Waals surface area (Å²) in [5, 5.41) is 24.4. The van der Waals surface area contributed by atoms with Gasteiger partial charge in [-0.25, -0.2) is 8.42 Å². The summed E-state index contributed by atoms with van der Waals surface area (Å²) in [5.74, 6) is -0.801. The molecule has 3 aromatic carbocycles. The van der Waals surface area contributed by atoms with Gasteiger partial charge in [0.2, 0.25) is 0 Å². The van der Waals surface area contributed by atoms with E-state index in [0.717, 1.165) is 23.8 Å². The number of sulfonamides is 1. The highest BCUT2D eigenvalue weighted by Crippen LogP contribution is 2.24. The molecule has 0 spiro atoms. The predicted octanol–water partition coefficient (Wildman–Crippen LogP) is 3.86. The molecular weight excluding hydrogens is 440 g/mol. The molecule has 0 atom stereocenters. The van der Waals surface area contributed by atoms with E-state index in [2.05, 4.69) is 10.0 Å². The zero-order valence-corrected chi connectivity index (χ0v) is 17.3. The Balaban J connectivity index is 1.76. The summed E-state index contributed by atoms with van der Waals surface area (Å²) in [6.45, 7) is 1.84. The van der Waals surface area contributed by atoms with Crippen LogP contribution >= 0.6 is 0 Å². The predicted molar refractivity (Wildman–Crippen MR) is 116 cm³/mol. The summed E-state index contributed by atoms with van der Waals surface area (Å²) >= 11 is 0. The zero-order valence-electron chi connectivity index (χ0n) is 16.5. The van der Waals surface area contributed by atoms with Crippen molar-refractivity contribution in [1.29, 1.82) is 0 Å². The second-order valence-electron chi connectivity index (χ2n) is 6.70. The molecule has 32 heavy (non-hydrogen) atoms. The number of aryl methyl sites for hydroxylation is 1. The minimum absolute atomic E-state index is 0.0905. The van der Waals surface area contributed by atoms with Crippen LogP contribution in [0.2, 0.25) is 0 Å². The van der Waals surface area contributed by atoms with E-state index < -0.39 is 37.2 Å². The van der Waals surface area contributed by atoms with Crippen LogP contribution in [0.25, 0.3) is 0 Å². The highest BCUT2D eigenvalue weighted by Gasteiger charge is 2.20. The molecule has 0 aliphatic rings. The minimum Gasteiger partial charge on any atom is -0.322 e. The van der Waals surface area contributed by atoms with E-state index in [1.54, 1.807) is 12.1 Å². The zero-order chi connectivity index (χ0) is 23.5. The van der Waals surface area contributed by atoms with Gasteiger partial charge >= 0.3 is 0 Å². The molecule has 2 N–H and O–H groups in total. The molecule has 0 heterocycles. The largest absolute Gasteiger partial charge is 0.322 e. The van der Waals surface area contributed by atoms with Crippen LogP contribution in [-0.4, -0.2) is 24.2 Å². The van der Waals surface area contributed by atoms with E-state index in [1.165, 1.54) is 36.4 Å². The number of nitro groups is 2. The summed E-state index contributed by atoms with van der Waals surface area (Å²) in [6, 6.07) is 14.6. The molecular formula is C20H16N4O7S. The van der Waals surface area contributed by atoms with Gasteiger partial charge in [0.15, 0.2) is 0 Å². The molecule has 0 aliphatic heterocycles. The van der Waals surface area contributed by atoms with Crippen molar-refractivity contribution in [2.24, 2.45) is 0 Å². The molecule has 0 radical (unpaired) electrons. The van der Waals surface area contributed by atoms with Gasteiger partial charge < -0.3 is 5.32 Å². The van der Waals surface area contributed by atoms with Gasteiger partial charge in [-0.3, -0.25) is 29.7 Å². The van der Waals surface area contributed by atoms with Crippen molar-refractivity contribution in [3.8, 4) is 0 Å². The number of amides is 1. The molecule has 0 fully saturated rings. The number of hydrogen-bond acceptors (Lipinski definition) is 7. The van der Waals surface area contributed by atoms with Crippen molar-refractivity contribution in [2.45, 2.75) is 11.8 Å². The van der Waals surface area contributed by atoms with Crippen molar-refractivity contribution in [2.75, 3.05) is 10.0 Å². The Hall–Kier alpha value is -4.32. The molecule has 3 aromatic rings. The van der Waals surface area contributed by atoms with E-state index in [0.29, 0.717) is 0 Å². The van der Waals surface area contributed by atoms with Gasteiger partial charge in [-0.15, -0.1) is 0 Å². The van der Waals surface area contributed by atoms with Crippen LogP contribution in [0.15, 0.2) is 71.6 Å². The van der Waals surface area contributed by atoms with Crippen molar-refractivity contribution in [3.63, 3.8) is 0 Å². The topological polar surface area (TPSA) is 162 Å². The summed E-state index contributed by atoms with van der Waals surface area (Å²) in [7, 11) is -3.80. The maximum absolute atomic E-state index is 12.4. The number of nitro benzene ring substituents is 2. The number of nitrogens with one attached hydrogen (secondary N) is 2. The highest BCUT2D eigenvalue weighted by molar-refractivity contribution is 7.92. The quantitative estimate of drug-likeness (QED) is 0.403. The SMILES string of the molecule is Cc1ccc(S(=O)(=O)Nc2ccc(NC(=O)c3cc([N+](=O)[O-])cc([N+](=O)[O-])c3)cc2)cc1. The third-order valence-electron chi connectivity index (χ3n) is 4.31. The van der Waals surface area contributed by atoms with Gasteiger partial charge in [0.05, 0.1) is 26.4 Å². The number of rotatable bonds is 7. The Kier molecular flexibility index (Phi) is 6.16. The van der Waals surface area contributed by atoms with Gasteiger partial charge in [0.25, 0.3) is 27.3 Å². The Morgan fingerprint density at radius 3 is 1.81 bits per heavy atom. The molecule has 3 rings (SSSR count). The van der Waals surface area contributed by atoms with Crippen LogP contribution in [0, 0.1) is 27.2 Å². The lowest BCUT2D eigenvalue weighted by molar-refractivity contribution is -0.394. The molecule has 0 saturated heterocycles. The number of nitrogens with zero attached hydrogens (tertiary/aromatic N) is 2. The Morgan fingerprint density at radius 2 is 1.31 bits per heavy atom. The molecule has 0 aromatic heterocycles. The second-order valence-corrected chi connectivity index (χ2v) is 8.38. The average molecular weight is 456 g/mol. The van der Waals surface area contributed by atoms with Crippen LogP contribution < -0.4 is 10.0 Å². The first-order chi connectivity index (χ1) is 15.0. The summed E-state index contributed by atoms with van der Waals surface area (Å²) in [6.07, 6.45) is 0. The van der Waals surface area contributed by atoms with Crippen LogP contribution in [0.5, 0.6) is 0 Å². The number of anilines is 2. The first kappa shape index (κ1) is 22.4. The van der Waals surface area contributed by atoms with Gasteiger partial charge in [-0.05, 0) is 43.3 Å². The Bertz CT molecular complexity index is 1270. The lowest BCUT2D eigenvalue weighted by Gasteiger charge is -2.10. The third-order valence-corrected chi connectivity index (χ3v) is 5.71. The lowest BCUT2D eigenvalue weighted by Crippen LogP contribution is -2.14. The smallest absolute Gasteiger partial charge is 0.277 e. The van der Waals surface area contributed by atoms with E-state index in [1.807, 2.05) is 6.92 Å². The molecule has 0 saturated carbocycles. The summed E-state index contributed by atoms with van der Waals surface area (Å²) < 4.78 is 27.3. The number of non-ortho nitro benzene ring substituents is 2. The summed E-state index contributed by atoms with van der Waals surface area (Å²) in [4.78, 5) is 32.8. The number of carbonyl (C=O) groups is 1. The Morgan fingerprint density at radius 1 is 0.812 bits per heavy atom. The monoisotopic (exact) mass is 456 g/mol. The molecule has 0 aliphatic carbocycles. The van der Waals surface area contributed by atoms with Crippen LogP contribution in [0.1, 0.15) is 15.9 Å². The molecule has 11 nitrogen and oxygen atoms in total. The van der Waals surface area contributed by atoms with Crippen LogP contribution in [0.3, 0.4) is 0 Å². The number of carbonyl (C=O) groups excluding carboxylic acids is 1. The third kappa shape index (κ3) is 5.23. The van der Waals surface area contributed by atoms with Gasteiger partial charge in [0, 0.05) is 23.5 Å². The number of hydrogen-bond donors (Lipinski definition) is 2.